The number of hydrogen-bond donors (Lipinski definition) is 1. The van der Waals surface area contributed by atoms with Gasteiger partial charge in [-0.2, -0.15) is 4.98 Å². The Bertz CT molecular complexity index is 1150. The van der Waals surface area contributed by atoms with Crippen LogP contribution in [0.25, 0.3) is 11.4 Å². The lowest BCUT2D eigenvalue weighted by Gasteiger charge is -2.23. The van der Waals surface area contributed by atoms with Crippen molar-refractivity contribution in [1.29, 1.82) is 0 Å². The summed E-state index contributed by atoms with van der Waals surface area (Å²) in [4.78, 5) is 20.3. The summed E-state index contributed by atoms with van der Waals surface area (Å²) < 4.78 is 7.58. The lowest BCUT2D eigenvalue weighted by Crippen LogP contribution is -2.25. The smallest absolute Gasteiger partial charge is 0.228 e. The SMILES string of the molecule is Cc1cc(Nc2cn(C)cn2)nc(N2CCCC2c2cc(-c3ccccn3)no2)n1. The van der Waals surface area contributed by atoms with Crippen LogP contribution >= 0.6 is 0 Å². The zero-order valence-electron chi connectivity index (χ0n) is 16.9. The number of imidazole rings is 1. The van der Waals surface area contributed by atoms with E-state index in [0.717, 1.165) is 48.0 Å². The van der Waals surface area contributed by atoms with Gasteiger partial charge in [0.1, 0.15) is 17.3 Å². The number of anilines is 3. The van der Waals surface area contributed by atoms with Crippen molar-refractivity contribution in [1.82, 2.24) is 29.7 Å². The Balaban J connectivity index is 1.42. The minimum absolute atomic E-state index is 0.0412. The van der Waals surface area contributed by atoms with Crippen molar-refractivity contribution in [3.63, 3.8) is 0 Å². The van der Waals surface area contributed by atoms with Gasteiger partial charge in [0.2, 0.25) is 5.95 Å². The van der Waals surface area contributed by atoms with Gasteiger partial charge in [-0.3, -0.25) is 4.98 Å². The van der Waals surface area contributed by atoms with Gasteiger partial charge in [0.25, 0.3) is 0 Å². The molecule has 1 saturated heterocycles. The first kappa shape index (κ1) is 18.3. The summed E-state index contributed by atoms with van der Waals surface area (Å²) in [5.41, 5.74) is 2.42. The molecule has 4 aromatic rings. The molecule has 152 valence electrons. The molecule has 1 aliphatic heterocycles. The van der Waals surface area contributed by atoms with Gasteiger partial charge in [-0.05, 0) is 31.9 Å². The van der Waals surface area contributed by atoms with E-state index in [2.05, 4.69) is 30.3 Å². The van der Waals surface area contributed by atoms with Crippen LogP contribution in [-0.2, 0) is 7.05 Å². The minimum Gasteiger partial charge on any atom is -0.358 e. The van der Waals surface area contributed by atoms with Crippen LogP contribution in [0.1, 0.15) is 30.3 Å². The van der Waals surface area contributed by atoms with Crippen LogP contribution in [-0.4, -0.2) is 36.2 Å². The molecule has 0 aromatic carbocycles. The van der Waals surface area contributed by atoms with Gasteiger partial charge in [-0.1, -0.05) is 11.2 Å². The number of nitrogens with one attached hydrogen (secondary N) is 1. The minimum atomic E-state index is 0.0412. The van der Waals surface area contributed by atoms with E-state index in [4.69, 9.17) is 9.51 Å². The molecule has 1 N–H and O–H groups in total. The average molecular weight is 402 g/mol. The van der Waals surface area contributed by atoms with Crippen molar-refractivity contribution >= 4 is 17.6 Å². The second-order valence-corrected chi connectivity index (χ2v) is 7.42. The summed E-state index contributed by atoms with van der Waals surface area (Å²) in [5.74, 6) is 2.94. The molecule has 9 nitrogen and oxygen atoms in total. The van der Waals surface area contributed by atoms with E-state index in [9.17, 15) is 0 Å². The summed E-state index contributed by atoms with van der Waals surface area (Å²) in [6.45, 7) is 2.82. The summed E-state index contributed by atoms with van der Waals surface area (Å²) in [7, 11) is 1.93. The standard InChI is InChI=1S/C21H22N8O/c1-14-10-19(25-20-12-28(2)13-23-20)26-21(24-14)29-9-5-7-17(29)18-11-16(27-30-18)15-6-3-4-8-22-15/h3-4,6,8,10-13,17H,5,7,9H2,1-2H3,(H,24,25,26). The third-order valence-electron chi connectivity index (χ3n) is 5.10. The molecule has 0 saturated carbocycles. The molecule has 0 bridgehead atoms. The van der Waals surface area contributed by atoms with Crippen molar-refractivity contribution in [2.45, 2.75) is 25.8 Å². The largest absolute Gasteiger partial charge is 0.358 e. The fourth-order valence-corrected chi connectivity index (χ4v) is 3.74. The Morgan fingerprint density at radius 1 is 1.10 bits per heavy atom. The summed E-state index contributed by atoms with van der Waals surface area (Å²) >= 11 is 0. The Morgan fingerprint density at radius 2 is 2.03 bits per heavy atom. The molecule has 5 heterocycles. The number of aryl methyl sites for hydroxylation is 2. The van der Waals surface area contributed by atoms with Crippen LogP contribution in [0, 0.1) is 6.92 Å². The molecule has 30 heavy (non-hydrogen) atoms. The van der Waals surface area contributed by atoms with Crippen molar-refractivity contribution in [3.05, 3.63) is 60.5 Å². The quantitative estimate of drug-likeness (QED) is 0.540. The monoisotopic (exact) mass is 402 g/mol. The maximum atomic E-state index is 5.70. The third kappa shape index (κ3) is 3.61. The van der Waals surface area contributed by atoms with E-state index in [-0.39, 0.29) is 6.04 Å². The molecule has 1 fully saturated rings. The average Bonchev–Trinajstić information content (AvgIpc) is 3.48. The van der Waals surface area contributed by atoms with Crippen molar-refractivity contribution in [2.24, 2.45) is 7.05 Å². The van der Waals surface area contributed by atoms with Crippen molar-refractivity contribution in [2.75, 3.05) is 16.8 Å². The van der Waals surface area contributed by atoms with E-state index in [1.807, 2.05) is 55.1 Å². The Hall–Kier alpha value is -3.75. The summed E-state index contributed by atoms with van der Waals surface area (Å²) in [6.07, 6.45) is 7.39. The van der Waals surface area contributed by atoms with Crippen LogP contribution < -0.4 is 10.2 Å². The number of rotatable bonds is 5. The van der Waals surface area contributed by atoms with E-state index < -0.39 is 0 Å². The Kier molecular flexibility index (Phi) is 4.62. The van der Waals surface area contributed by atoms with Gasteiger partial charge >= 0.3 is 0 Å². The number of pyridine rings is 1. The highest BCUT2D eigenvalue weighted by Gasteiger charge is 2.32. The molecule has 0 spiro atoms. The molecule has 9 heteroatoms. The topological polar surface area (TPSA) is 97.8 Å². The molecule has 1 aliphatic rings. The van der Waals surface area contributed by atoms with Gasteiger partial charge in [-0.25, -0.2) is 9.97 Å². The molecular weight excluding hydrogens is 380 g/mol. The van der Waals surface area contributed by atoms with Crippen LogP contribution in [0.15, 0.2) is 53.6 Å². The van der Waals surface area contributed by atoms with Crippen LogP contribution in [0.5, 0.6) is 0 Å². The molecular formula is C21H22N8O. The zero-order chi connectivity index (χ0) is 20.5. The van der Waals surface area contributed by atoms with E-state index in [1.54, 1.807) is 12.5 Å². The molecule has 1 atom stereocenters. The van der Waals surface area contributed by atoms with E-state index in [0.29, 0.717) is 11.8 Å². The van der Waals surface area contributed by atoms with Crippen molar-refractivity contribution < 1.29 is 4.52 Å². The first-order valence-electron chi connectivity index (χ1n) is 9.91. The Morgan fingerprint density at radius 3 is 2.83 bits per heavy atom. The third-order valence-corrected chi connectivity index (χ3v) is 5.10. The van der Waals surface area contributed by atoms with E-state index >= 15 is 0 Å². The molecule has 0 radical (unpaired) electrons. The second kappa shape index (κ2) is 7.58. The van der Waals surface area contributed by atoms with Crippen LogP contribution in [0.3, 0.4) is 0 Å². The fraction of sp³-hybridized carbons (Fsp3) is 0.286. The number of hydrogen-bond acceptors (Lipinski definition) is 8. The van der Waals surface area contributed by atoms with Gasteiger partial charge in [0.15, 0.2) is 5.76 Å². The van der Waals surface area contributed by atoms with Gasteiger partial charge < -0.3 is 19.3 Å². The predicted octanol–water partition coefficient (Wildman–Crippen LogP) is 3.65. The van der Waals surface area contributed by atoms with Crippen LogP contribution in [0.2, 0.25) is 0 Å². The normalized spacial score (nSPS) is 16.2. The van der Waals surface area contributed by atoms with Gasteiger partial charge in [-0.15, -0.1) is 0 Å². The molecule has 0 amide bonds. The summed E-state index contributed by atoms with van der Waals surface area (Å²) in [6, 6.07) is 9.67. The van der Waals surface area contributed by atoms with Crippen LogP contribution in [0.4, 0.5) is 17.6 Å². The predicted molar refractivity (Wildman–Crippen MR) is 112 cm³/mol. The highest BCUT2D eigenvalue weighted by Crippen LogP contribution is 2.36. The number of aromatic nitrogens is 6. The maximum Gasteiger partial charge on any atom is 0.228 e. The maximum absolute atomic E-state index is 5.70. The first-order valence-corrected chi connectivity index (χ1v) is 9.91. The summed E-state index contributed by atoms with van der Waals surface area (Å²) in [5, 5.41) is 7.48. The van der Waals surface area contributed by atoms with Gasteiger partial charge in [0, 0.05) is 43.8 Å². The first-order chi connectivity index (χ1) is 14.7. The highest BCUT2D eigenvalue weighted by atomic mass is 16.5. The lowest BCUT2D eigenvalue weighted by molar-refractivity contribution is 0.362. The van der Waals surface area contributed by atoms with E-state index in [1.165, 1.54) is 0 Å². The Labute approximate surface area is 173 Å². The molecule has 1 unspecified atom stereocenters. The molecule has 0 aliphatic carbocycles. The highest BCUT2D eigenvalue weighted by molar-refractivity contribution is 5.56. The fourth-order valence-electron chi connectivity index (χ4n) is 3.74. The van der Waals surface area contributed by atoms with Gasteiger partial charge in [0.05, 0.1) is 18.1 Å². The molecule has 5 rings (SSSR count). The number of nitrogens with zero attached hydrogens (tertiary/aromatic N) is 7. The zero-order valence-corrected chi connectivity index (χ0v) is 16.9. The lowest BCUT2D eigenvalue weighted by atomic mass is 10.1. The van der Waals surface area contributed by atoms with Crippen molar-refractivity contribution in [3.8, 4) is 11.4 Å². The molecule has 4 aromatic heterocycles. The second-order valence-electron chi connectivity index (χ2n) is 7.42.